The number of likely N-dealkylation sites (tertiary alicyclic amines) is 1. The smallest absolute Gasteiger partial charge is 0.308 e. The Hall–Kier alpha value is -1.84. The molecule has 22 heavy (non-hydrogen) atoms. The standard InChI is InChI=1S/C18H23NO3/c20-16-12-11-15(18(21)22)17(13-7-3-1-4-8-13)19(16)14-9-5-2-6-10-14/h1,3-4,7-8,14-15,17H,2,5-6,9-12H2,(H,21,22)/t15-,17+/m1/s1. The molecule has 1 N–H and O–H groups in total. The number of nitrogens with zero attached hydrogens (tertiary/aromatic N) is 1. The molecule has 0 bridgehead atoms. The Morgan fingerprint density at radius 2 is 1.73 bits per heavy atom. The van der Waals surface area contributed by atoms with E-state index in [4.69, 9.17) is 0 Å². The molecule has 2 aliphatic rings. The molecule has 1 saturated carbocycles. The highest BCUT2D eigenvalue weighted by atomic mass is 16.4. The van der Waals surface area contributed by atoms with E-state index in [1.807, 2.05) is 35.2 Å². The van der Waals surface area contributed by atoms with Crippen LogP contribution in [0.3, 0.4) is 0 Å². The number of amides is 1. The Kier molecular flexibility index (Phi) is 4.46. The van der Waals surface area contributed by atoms with Gasteiger partial charge in [0, 0.05) is 12.5 Å². The van der Waals surface area contributed by atoms with E-state index in [9.17, 15) is 14.7 Å². The van der Waals surface area contributed by atoms with E-state index in [0.717, 1.165) is 31.2 Å². The minimum Gasteiger partial charge on any atom is -0.481 e. The van der Waals surface area contributed by atoms with Crippen molar-refractivity contribution in [3.8, 4) is 0 Å². The van der Waals surface area contributed by atoms with Crippen molar-refractivity contribution in [2.45, 2.75) is 57.0 Å². The SMILES string of the molecule is O=C(O)[C@@H]1CCC(=O)N(C2CCCCC2)[C@H]1c1ccccc1. The van der Waals surface area contributed by atoms with Crippen molar-refractivity contribution in [3.63, 3.8) is 0 Å². The molecule has 1 saturated heterocycles. The summed E-state index contributed by atoms with van der Waals surface area (Å²) in [6, 6.07) is 9.56. The van der Waals surface area contributed by atoms with Crippen molar-refractivity contribution in [1.29, 1.82) is 0 Å². The summed E-state index contributed by atoms with van der Waals surface area (Å²) < 4.78 is 0. The summed E-state index contributed by atoms with van der Waals surface area (Å²) in [4.78, 5) is 26.2. The highest BCUT2D eigenvalue weighted by Crippen LogP contribution is 2.40. The van der Waals surface area contributed by atoms with Gasteiger partial charge >= 0.3 is 5.97 Å². The van der Waals surface area contributed by atoms with Gasteiger partial charge in [0.2, 0.25) is 5.91 Å². The Labute approximate surface area is 131 Å². The summed E-state index contributed by atoms with van der Waals surface area (Å²) in [5.74, 6) is -1.16. The lowest BCUT2D eigenvalue weighted by molar-refractivity contribution is -0.154. The van der Waals surface area contributed by atoms with Crippen molar-refractivity contribution >= 4 is 11.9 Å². The monoisotopic (exact) mass is 301 g/mol. The van der Waals surface area contributed by atoms with Gasteiger partial charge in [0.05, 0.1) is 12.0 Å². The average Bonchev–Trinajstić information content (AvgIpc) is 2.56. The number of carbonyl (C=O) groups is 2. The van der Waals surface area contributed by atoms with Crippen LogP contribution in [-0.4, -0.2) is 27.9 Å². The zero-order valence-electron chi connectivity index (χ0n) is 12.8. The maximum absolute atomic E-state index is 12.6. The second kappa shape index (κ2) is 6.51. The van der Waals surface area contributed by atoms with E-state index in [0.29, 0.717) is 12.8 Å². The van der Waals surface area contributed by atoms with Crippen molar-refractivity contribution < 1.29 is 14.7 Å². The summed E-state index contributed by atoms with van der Waals surface area (Å²) in [5.41, 5.74) is 0.952. The Morgan fingerprint density at radius 1 is 1.05 bits per heavy atom. The number of carboxylic acids is 1. The Morgan fingerprint density at radius 3 is 2.36 bits per heavy atom. The first-order valence-electron chi connectivity index (χ1n) is 8.27. The fraction of sp³-hybridized carbons (Fsp3) is 0.556. The number of benzene rings is 1. The van der Waals surface area contributed by atoms with Crippen molar-refractivity contribution in [3.05, 3.63) is 35.9 Å². The van der Waals surface area contributed by atoms with Gasteiger partial charge in [0.15, 0.2) is 0 Å². The van der Waals surface area contributed by atoms with Gasteiger partial charge in [-0.15, -0.1) is 0 Å². The summed E-state index contributed by atoms with van der Waals surface area (Å²) in [6.45, 7) is 0. The van der Waals surface area contributed by atoms with Crippen LogP contribution in [0.15, 0.2) is 30.3 Å². The lowest BCUT2D eigenvalue weighted by Gasteiger charge is -2.45. The lowest BCUT2D eigenvalue weighted by atomic mass is 9.81. The van der Waals surface area contributed by atoms with Crippen LogP contribution in [0.1, 0.15) is 56.6 Å². The van der Waals surface area contributed by atoms with Crippen LogP contribution < -0.4 is 0 Å². The van der Waals surface area contributed by atoms with Crippen LogP contribution in [-0.2, 0) is 9.59 Å². The fourth-order valence-electron chi connectivity index (χ4n) is 4.01. The largest absolute Gasteiger partial charge is 0.481 e. The van der Waals surface area contributed by atoms with Crippen LogP contribution in [0, 0.1) is 5.92 Å². The molecule has 4 heteroatoms. The quantitative estimate of drug-likeness (QED) is 0.931. The Balaban J connectivity index is 1.97. The summed E-state index contributed by atoms with van der Waals surface area (Å²) >= 11 is 0. The third-order valence-electron chi connectivity index (χ3n) is 5.06. The molecule has 1 aromatic rings. The molecule has 1 amide bonds. The number of carbonyl (C=O) groups excluding carboxylic acids is 1. The van der Waals surface area contributed by atoms with Crippen molar-refractivity contribution in [1.82, 2.24) is 4.90 Å². The third kappa shape index (κ3) is 2.87. The molecule has 1 aliphatic heterocycles. The Bertz CT molecular complexity index is 537. The second-order valence-corrected chi connectivity index (χ2v) is 6.43. The zero-order chi connectivity index (χ0) is 15.5. The van der Waals surface area contributed by atoms with Gasteiger partial charge in [0.1, 0.15) is 0 Å². The molecule has 0 aromatic heterocycles. The summed E-state index contributed by atoms with van der Waals surface area (Å²) in [7, 11) is 0. The number of rotatable bonds is 3. The first kappa shape index (κ1) is 15.1. The number of carboxylic acid groups (broad SMARTS) is 1. The molecule has 2 atom stereocenters. The van der Waals surface area contributed by atoms with Gasteiger partial charge in [-0.05, 0) is 24.8 Å². The van der Waals surface area contributed by atoms with Crippen LogP contribution in [0.5, 0.6) is 0 Å². The minimum atomic E-state index is -0.790. The molecule has 1 aromatic carbocycles. The molecule has 0 spiro atoms. The van der Waals surface area contributed by atoms with Gasteiger partial charge < -0.3 is 10.0 Å². The third-order valence-corrected chi connectivity index (χ3v) is 5.06. The molecule has 1 heterocycles. The van der Waals surface area contributed by atoms with E-state index in [-0.39, 0.29) is 18.0 Å². The summed E-state index contributed by atoms with van der Waals surface area (Å²) in [5, 5.41) is 9.63. The zero-order valence-corrected chi connectivity index (χ0v) is 12.8. The summed E-state index contributed by atoms with van der Waals surface area (Å²) in [6.07, 6.45) is 6.29. The fourth-order valence-corrected chi connectivity index (χ4v) is 4.01. The van der Waals surface area contributed by atoms with Gasteiger partial charge in [0.25, 0.3) is 0 Å². The predicted octanol–water partition coefficient (Wildman–Crippen LogP) is 3.38. The van der Waals surface area contributed by atoms with E-state index in [2.05, 4.69) is 0 Å². The first-order valence-corrected chi connectivity index (χ1v) is 8.27. The van der Waals surface area contributed by atoms with Crippen LogP contribution >= 0.6 is 0 Å². The number of hydrogen-bond acceptors (Lipinski definition) is 2. The van der Waals surface area contributed by atoms with E-state index in [1.165, 1.54) is 6.42 Å². The van der Waals surface area contributed by atoms with E-state index >= 15 is 0 Å². The van der Waals surface area contributed by atoms with E-state index in [1.54, 1.807) is 0 Å². The first-order chi connectivity index (χ1) is 10.7. The highest BCUT2D eigenvalue weighted by molar-refractivity contribution is 5.82. The highest BCUT2D eigenvalue weighted by Gasteiger charge is 2.43. The topological polar surface area (TPSA) is 57.6 Å². The minimum absolute atomic E-state index is 0.123. The van der Waals surface area contributed by atoms with Crippen molar-refractivity contribution in [2.24, 2.45) is 5.92 Å². The maximum atomic E-state index is 12.6. The number of aliphatic carboxylic acids is 1. The van der Waals surface area contributed by atoms with Crippen LogP contribution in [0.4, 0.5) is 0 Å². The molecule has 0 radical (unpaired) electrons. The van der Waals surface area contributed by atoms with Crippen LogP contribution in [0.2, 0.25) is 0 Å². The van der Waals surface area contributed by atoms with Gasteiger partial charge in [-0.2, -0.15) is 0 Å². The molecule has 0 unspecified atom stereocenters. The van der Waals surface area contributed by atoms with Gasteiger partial charge in [-0.1, -0.05) is 49.6 Å². The van der Waals surface area contributed by atoms with Crippen molar-refractivity contribution in [2.75, 3.05) is 0 Å². The second-order valence-electron chi connectivity index (χ2n) is 6.43. The molecule has 118 valence electrons. The van der Waals surface area contributed by atoms with Crippen LogP contribution in [0.25, 0.3) is 0 Å². The maximum Gasteiger partial charge on any atom is 0.308 e. The normalized spacial score (nSPS) is 26.9. The van der Waals surface area contributed by atoms with Gasteiger partial charge in [-0.3, -0.25) is 9.59 Å². The van der Waals surface area contributed by atoms with E-state index < -0.39 is 11.9 Å². The molecule has 1 aliphatic carbocycles. The molecule has 4 nitrogen and oxygen atoms in total. The number of piperidine rings is 1. The predicted molar refractivity (Wildman–Crippen MR) is 83.3 cm³/mol. The molecule has 3 rings (SSSR count). The number of hydrogen-bond donors (Lipinski definition) is 1. The molecule has 2 fully saturated rings. The molecular formula is C18H23NO3. The average molecular weight is 301 g/mol. The molecular weight excluding hydrogens is 278 g/mol. The van der Waals surface area contributed by atoms with Gasteiger partial charge in [-0.25, -0.2) is 0 Å². The lowest BCUT2D eigenvalue weighted by Crippen LogP contribution is -2.50.